The molecule has 0 fully saturated rings. The fraction of sp³-hybridized carbons (Fsp3) is 0.364. The van der Waals surface area contributed by atoms with E-state index < -0.39 is 27.6 Å². The third-order valence-corrected chi connectivity index (χ3v) is 11.3. The number of nitrogens with zero attached hydrogens (tertiary/aromatic N) is 1. The van der Waals surface area contributed by atoms with Gasteiger partial charge in [0.2, 0.25) is 0 Å². The lowest BCUT2D eigenvalue weighted by atomic mass is 9.60. The molecular weight excluding hydrogens is 676 g/mol. The van der Waals surface area contributed by atoms with Crippen molar-refractivity contribution in [2.24, 2.45) is 5.92 Å². The Morgan fingerprint density at radius 1 is 1.13 bits per heavy atom. The number of urea groups is 1. The van der Waals surface area contributed by atoms with Gasteiger partial charge in [-0.1, -0.05) is 37.3 Å². The number of rotatable bonds is 9. The molecule has 1 aliphatic carbocycles. The smallest absolute Gasteiger partial charge is 0.318 e. The molecule has 11 nitrogen and oxygen atoms in total. The number of amides is 2. The number of halogens is 1. The van der Waals surface area contributed by atoms with Crippen molar-refractivity contribution >= 4 is 32.0 Å². The highest BCUT2D eigenvalue weighted by atomic mass is 79.9. The van der Waals surface area contributed by atoms with Gasteiger partial charge in [-0.2, -0.15) is 0 Å². The van der Waals surface area contributed by atoms with Gasteiger partial charge >= 0.3 is 6.03 Å². The molecule has 46 heavy (non-hydrogen) atoms. The summed E-state index contributed by atoms with van der Waals surface area (Å²) in [5.41, 5.74) is 5.79. The summed E-state index contributed by atoms with van der Waals surface area (Å²) in [7, 11) is -0.783. The van der Waals surface area contributed by atoms with Gasteiger partial charge in [-0.05, 0) is 82.2 Å². The molecule has 2 aliphatic heterocycles. The molecule has 0 saturated heterocycles. The molecule has 0 saturated carbocycles. The second-order valence-electron chi connectivity index (χ2n) is 11.9. The maximum absolute atomic E-state index is 13.7. The molecule has 0 radical (unpaired) electrons. The van der Waals surface area contributed by atoms with E-state index in [0.29, 0.717) is 46.8 Å². The van der Waals surface area contributed by atoms with Crippen LogP contribution in [0.3, 0.4) is 0 Å². The standard InChI is InChI=1S/C33H37BrN4O7S/c1-20-13-23(36-37-46(41,42)26-11-9-25(43-2)10-12-26)15-28-33(20)16-24(19-39)38(32(40)35-17-21-7-5-4-6-8-21)18-22-14-27(44-3)30(34)31(45-28)29(22)33/h4-12,14-15,20,24,28,36-37,39H,13,16-19H2,1-3H3,(H,35,40)/t20-,24+,28-,33+/m1/s1. The van der Waals surface area contributed by atoms with Crippen LogP contribution in [0.25, 0.3) is 0 Å². The van der Waals surface area contributed by atoms with Crippen molar-refractivity contribution in [3.63, 3.8) is 0 Å². The maximum atomic E-state index is 13.7. The van der Waals surface area contributed by atoms with Crippen LogP contribution < -0.4 is 29.8 Å². The highest BCUT2D eigenvalue weighted by molar-refractivity contribution is 9.10. The zero-order valence-corrected chi connectivity index (χ0v) is 28.2. The molecule has 13 heteroatoms. The number of aliphatic hydroxyl groups excluding tert-OH is 1. The van der Waals surface area contributed by atoms with E-state index >= 15 is 0 Å². The molecule has 3 aliphatic rings. The van der Waals surface area contributed by atoms with Crippen LogP contribution in [0.4, 0.5) is 4.79 Å². The summed E-state index contributed by atoms with van der Waals surface area (Å²) in [6, 6.07) is 16.9. The number of aliphatic hydroxyl groups is 1. The zero-order chi connectivity index (χ0) is 32.6. The van der Waals surface area contributed by atoms with Gasteiger partial charge in [-0.3, -0.25) is 0 Å². The number of nitrogens with one attached hydrogen (secondary N) is 3. The van der Waals surface area contributed by atoms with Crippen LogP contribution in [0.2, 0.25) is 0 Å². The topological polar surface area (TPSA) is 138 Å². The van der Waals surface area contributed by atoms with Crippen LogP contribution in [0.1, 0.15) is 36.5 Å². The summed E-state index contributed by atoms with van der Waals surface area (Å²) in [4.78, 5) is 18.0. The Kier molecular flexibility index (Phi) is 8.94. The van der Waals surface area contributed by atoms with Gasteiger partial charge in [0.25, 0.3) is 10.0 Å². The van der Waals surface area contributed by atoms with Gasteiger partial charge in [0.05, 0.1) is 31.8 Å². The largest absolute Gasteiger partial charge is 0.497 e. The lowest BCUT2D eigenvalue weighted by Crippen LogP contribution is -2.53. The molecule has 2 amide bonds. The predicted octanol–water partition coefficient (Wildman–Crippen LogP) is 4.35. The lowest BCUT2D eigenvalue weighted by Gasteiger charge is -2.44. The number of ether oxygens (including phenoxy) is 3. The van der Waals surface area contributed by atoms with Crippen molar-refractivity contribution in [3.8, 4) is 17.2 Å². The second-order valence-corrected chi connectivity index (χ2v) is 14.3. The SMILES string of the molecule is COc1ccc(S(=O)(=O)NNC2=C[C@H]3Oc4c(Br)c(OC)cc5c4[C@@]3(C[C@@H](CO)N(C(=O)NCc3ccccc3)C5)[C@H](C)C2)cc1. The third-order valence-electron chi connectivity index (χ3n) is 9.29. The van der Waals surface area contributed by atoms with Gasteiger partial charge in [0.1, 0.15) is 27.8 Å². The lowest BCUT2D eigenvalue weighted by molar-refractivity contribution is 0.0669. The first-order valence-electron chi connectivity index (χ1n) is 15.0. The molecule has 6 rings (SSSR count). The average Bonchev–Trinajstić information content (AvgIpc) is 3.33. The summed E-state index contributed by atoms with van der Waals surface area (Å²) in [6.07, 6.45) is 2.32. The van der Waals surface area contributed by atoms with E-state index in [1.807, 2.05) is 42.5 Å². The van der Waals surface area contributed by atoms with E-state index in [1.54, 1.807) is 24.1 Å². The molecule has 0 bridgehead atoms. The van der Waals surface area contributed by atoms with Crippen molar-refractivity contribution in [3.05, 3.63) is 93.6 Å². The predicted molar refractivity (Wildman–Crippen MR) is 175 cm³/mol. The van der Waals surface area contributed by atoms with Crippen molar-refractivity contribution < 1.29 is 32.5 Å². The van der Waals surface area contributed by atoms with Crippen molar-refractivity contribution in [2.45, 2.75) is 55.3 Å². The maximum Gasteiger partial charge on any atom is 0.318 e. The number of carbonyl (C=O) groups is 1. The molecule has 3 aromatic carbocycles. The Morgan fingerprint density at radius 3 is 2.54 bits per heavy atom. The van der Waals surface area contributed by atoms with E-state index in [-0.39, 0.29) is 30.0 Å². The van der Waals surface area contributed by atoms with Gasteiger partial charge in [0.15, 0.2) is 0 Å². The van der Waals surface area contributed by atoms with Crippen molar-refractivity contribution in [2.75, 3.05) is 20.8 Å². The van der Waals surface area contributed by atoms with Crippen LogP contribution >= 0.6 is 15.9 Å². The van der Waals surface area contributed by atoms with Crippen LogP contribution in [0, 0.1) is 5.92 Å². The van der Waals surface area contributed by atoms with E-state index in [0.717, 1.165) is 16.7 Å². The number of benzene rings is 3. The summed E-state index contributed by atoms with van der Waals surface area (Å²) >= 11 is 3.69. The fourth-order valence-corrected chi connectivity index (χ4v) is 8.40. The quantitative estimate of drug-likeness (QED) is 0.241. The molecule has 4 atom stereocenters. The average molecular weight is 714 g/mol. The first-order chi connectivity index (χ1) is 22.1. The Morgan fingerprint density at radius 2 is 1.87 bits per heavy atom. The number of allylic oxidation sites excluding steroid dienone is 1. The number of carbonyl (C=O) groups excluding carboxylic acids is 1. The van der Waals surface area contributed by atoms with Crippen LogP contribution in [0.5, 0.6) is 17.2 Å². The minimum absolute atomic E-state index is 0.0721. The normalized spacial score (nSPS) is 23.3. The number of hydrogen-bond donors (Lipinski definition) is 4. The second kappa shape index (κ2) is 12.8. The number of methoxy groups -OCH3 is 2. The van der Waals surface area contributed by atoms with E-state index in [1.165, 1.54) is 19.2 Å². The molecule has 1 spiro atoms. The van der Waals surface area contributed by atoms with E-state index in [9.17, 15) is 18.3 Å². The zero-order valence-electron chi connectivity index (χ0n) is 25.7. The van der Waals surface area contributed by atoms with Crippen LogP contribution in [-0.4, -0.2) is 57.4 Å². The first-order valence-corrected chi connectivity index (χ1v) is 17.3. The van der Waals surface area contributed by atoms with Crippen LogP contribution in [0.15, 0.2) is 81.8 Å². The summed E-state index contributed by atoms with van der Waals surface area (Å²) in [6.45, 7) is 2.46. The fourth-order valence-electron chi connectivity index (χ4n) is 6.95. The molecule has 0 unspecified atom stereocenters. The molecule has 4 N–H and O–H groups in total. The van der Waals surface area contributed by atoms with E-state index in [2.05, 4.69) is 38.4 Å². The minimum Gasteiger partial charge on any atom is -0.497 e. The Bertz CT molecular complexity index is 1750. The Balaban J connectivity index is 1.32. The number of hydrogen-bond acceptors (Lipinski definition) is 8. The monoisotopic (exact) mass is 712 g/mol. The molecule has 3 aromatic rings. The minimum atomic E-state index is -3.88. The summed E-state index contributed by atoms with van der Waals surface area (Å²) in [5.74, 6) is 1.68. The van der Waals surface area contributed by atoms with Gasteiger partial charge in [-0.25, -0.2) is 13.2 Å². The van der Waals surface area contributed by atoms with Crippen LogP contribution in [-0.2, 0) is 28.5 Å². The molecule has 0 aromatic heterocycles. The van der Waals surface area contributed by atoms with Gasteiger partial charge in [0, 0.05) is 29.8 Å². The Hall–Kier alpha value is -3.78. The van der Waals surface area contributed by atoms with Gasteiger partial charge < -0.3 is 35.0 Å². The van der Waals surface area contributed by atoms with E-state index in [4.69, 9.17) is 14.2 Å². The number of hydrazine groups is 1. The summed E-state index contributed by atoms with van der Waals surface area (Å²) < 4.78 is 44.3. The highest BCUT2D eigenvalue weighted by Gasteiger charge is 2.58. The number of sulfonamides is 1. The van der Waals surface area contributed by atoms with Crippen molar-refractivity contribution in [1.82, 2.24) is 20.5 Å². The molecular formula is C33H37BrN4O7S. The molecule has 2 heterocycles. The third kappa shape index (κ3) is 5.70. The highest BCUT2D eigenvalue weighted by Crippen LogP contribution is 2.60. The van der Waals surface area contributed by atoms with Crippen molar-refractivity contribution in [1.29, 1.82) is 0 Å². The first kappa shape index (κ1) is 32.2. The van der Waals surface area contributed by atoms with Gasteiger partial charge in [-0.15, -0.1) is 4.83 Å². The Labute approximate surface area is 277 Å². The molecule has 244 valence electrons. The summed E-state index contributed by atoms with van der Waals surface area (Å²) in [5, 5.41) is 13.7.